The Balaban J connectivity index is 3.43. The summed E-state index contributed by atoms with van der Waals surface area (Å²) in [5.41, 5.74) is -3.78. The van der Waals surface area contributed by atoms with Gasteiger partial charge in [-0.1, -0.05) is 23.7 Å². The maximum atomic E-state index is 12.8. The minimum absolute atomic E-state index is 0.306. The summed E-state index contributed by atoms with van der Waals surface area (Å²) in [4.78, 5) is 36.4. The van der Waals surface area contributed by atoms with Crippen molar-refractivity contribution in [1.29, 1.82) is 0 Å². The minimum atomic E-state index is -2.31. The zero-order valence-electron chi connectivity index (χ0n) is 17.2. The quantitative estimate of drug-likeness (QED) is 0.437. The Morgan fingerprint density at radius 1 is 1.00 bits per heavy atom. The monoisotopic (exact) mass is 414 g/mol. The third-order valence-corrected chi connectivity index (χ3v) is 3.87. The Bertz CT molecular complexity index is 736. The predicted octanol–water partition coefficient (Wildman–Crippen LogP) is 4.28. The second kappa shape index (κ2) is 8.34. The van der Waals surface area contributed by atoms with Crippen molar-refractivity contribution in [2.75, 3.05) is 0 Å². The van der Waals surface area contributed by atoms with Crippen LogP contribution in [0.2, 0.25) is 5.02 Å². The topological polar surface area (TPSA) is 108 Å². The van der Waals surface area contributed by atoms with E-state index in [9.17, 15) is 19.7 Å². The predicted molar refractivity (Wildman–Crippen MR) is 105 cm³/mol. The lowest BCUT2D eigenvalue weighted by molar-refractivity contribution is -0.557. The molecule has 0 aliphatic carbocycles. The third kappa shape index (κ3) is 6.37. The van der Waals surface area contributed by atoms with Crippen molar-refractivity contribution in [2.24, 2.45) is 0 Å². The van der Waals surface area contributed by atoms with Crippen LogP contribution < -0.4 is 5.32 Å². The van der Waals surface area contributed by atoms with Crippen LogP contribution in [0.25, 0.3) is 0 Å². The summed E-state index contributed by atoms with van der Waals surface area (Å²) in [7, 11) is 0. The number of alkyl carbamates (subject to hydrolysis) is 1. The second-order valence-electron chi connectivity index (χ2n) is 8.54. The third-order valence-electron chi connectivity index (χ3n) is 3.62. The van der Waals surface area contributed by atoms with Crippen LogP contribution in [0.4, 0.5) is 4.79 Å². The first kappa shape index (κ1) is 23.7. The zero-order chi connectivity index (χ0) is 21.9. The summed E-state index contributed by atoms with van der Waals surface area (Å²) in [5.74, 6) is -1.08. The van der Waals surface area contributed by atoms with E-state index in [4.69, 9.17) is 21.1 Å². The smallest absolute Gasteiger partial charge is 0.408 e. The molecule has 0 saturated carbocycles. The summed E-state index contributed by atoms with van der Waals surface area (Å²) in [5, 5.41) is 14.8. The highest BCUT2D eigenvalue weighted by molar-refractivity contribution is 6.30. The lowest BCUT2D eigenvalue weighted by atomic mass is 9.87. The molecule has 28 heavy (non-hydrogen) atoms. The van der Waals surface area contributed by atoms with Gasteiger partial charge in [-0.25, -0.2) is 9.59 Å². The first-order chi connectivity index (χ1) is 12.6. The van der Waals surface area contributed by atoms with Gasteiger partial charge in [0.15, 0.2) is 0 Å². The van der Waals surface area contributed by atoms with E-state index in [0.717, 1.165) is 6.92 Å². The number of nitrogens with one attached hydrogen (secondary N) is 1. The van der Waals surface area contributed by atoms with E-state index in [1.807, 2.05) is 0 Å². The Morgan fingerprint density at radius 3 is 1.86 bits per heavy atom. The number of rotatable bonds is 5. The van der Waals surface area contributed by atoms with Gasteiger partial charge in [0, 0.05) is 16.9 Å². The molecule has 9 heteroatoms. The molecule has 1 rings (SSSR count). The molecule has 2 atom stereocenters. The molecule has 8 nitrogen and oxygen atoms in total. The van der Waals surface area contributed by atoms with E-state index in [1.54, 1.807) is 41.5 Å². The molecule has 0 aliphatic rings. The van der Waals surface area contributed by atoms with Gasteiger partial charge in [0.25, 0.3) is 0 Å². The molecule has 0 aromatic heterocycles. The lowest BCUT2D eigenvalue weighted by Crippen LogP contribution is -2.57. The number of hydrogen-bond acceptors (Lipinski definition) is 6. The standard InChI is InChI=1S/C19H27ClN2O6/c1-17(2,3)27-15(23)19(7,22(25)26)14(12-8-10-13(20)11-9-12)21-16(24)28-18(4,5)6/h8-11,14H,1-7H3,(H,21,24)/t14-,19-/m1/s1. The Kier molecular flexibility index (Phi) is 7.06. The number of hydrogen-bond donors (Lipinski definition) is 1. The van der Waals surface area contributed by atoms with E-state index in [2.05, 4.69) is 5.32 Å². The van der Waals surface area contributed by atoms with Crippen LogP contribution in [0.5, 0.6) is 0 Å². The number of esters is 1. The van der Waals surface area contributed by atoms with Crippen LogP contribution >= 0.6 is 11.6 Å². The van der Waals surface area contributed by atoms with E-state index in [0.29, 0.717) is 10.6 Å². The Morgan fingerprint density at radius 2 is 1.46 bits per heavy atom. The van der Waals surface area contributed by atoms with Gasteiger partial charge in [0.2, 0.25) is 0 Å². The summed E-state index contributed by atoms with van der Waals surface area (Å²) in [6.07, 6.45) is -0.899. The molecule has 156 valence electrons. The normalized spacial score (nSPS) is 15.1. The van der Waals surface area contributed by atoms with Gasteiger partial charge in [-0.05, 0) is 59.2 Å². The van der Waals surface area contributed by atoms with E-state index < -0.39 is 39.8 Å². The van der Waals surface area contributed by atoms with Crippen molar-refractivity contribution in [3.8, 4) is 0 Å². The molecule has 0 spiro atoms. The van der Waals surface area contributed by atoms with Crippen LogP contribution in [0.15, 0.2) is 24.3 Å². The number of ether oxygens (including phenoxy) is 2. The molecule has 1 aromatic rings. The van der Waals surface area contributed by atoms with Crippen LogP contribution in [-0.2, 0) is 14.3 Å². The Labute approximate surface area is 169 Å². The van der Waals surface area contributed by atoms with Crippen molar-refractivity contribution >= 4 is 23.7 Å². The number of benzene rings is 1. The van der Waals surface area contributed by atoms with Crippen molar-refractivity contribution in [2.45, 2.75) is 71.2 Å². The fourth-order valence-corrected chi connectivity index (χ4v) is 2.43. The van der Waals surface area contributed by atoms with Crippen LogP contribution in [-0.4, -0.2) is 33.7 Å². The maximum absolute atomic E-state index is 12.8. The molecule has 1 N–H and O–H groups in total. The van der Waals surface area contributed by atoms with E-state index >= 15 is 0 Å². The van der Waals surface area contributed by atoms with Gasteiger partial charge in [0.1, 0.15) is 17.2 Å². The van der Waals surface area contributed by atoms with Crippen molar-refractivity contribution < 1.29 is 24.0 Å². The molecule has 0 aliphatic heterocycles. The highest BCUT2D eigenvalue weighted by atomic mass is 35.5. The van der Waals surface area contributed by atoms with Gasteiger partial charge < -0.3 is 14.8 Å². The maximum Gasteiger partial charge on any atom is 0.408 e. The molecule has 0 saturated heterocycles. The summed E-state index contributed by atoms with van der Waals surface area (Å²) in [6.45, 7) is 10.9. The Hall–Kier alpha value is -2.35. The highest BCUT2D eigenvalue weighted by Crippen LogP contribution is 2.32. The molecule has 0 unspecified atom stereocenters. The van der Waals surface area contributed by atoms with Crippen molar-refractivity contribution in [3.63, 3.8) is 0 Å². The fourth-order valence-electron chi connectivity index (χ4n) is 2.31. The number of halogens is 1. The van der Waals surface area contributed by atoms with Gasteiger partial charge in [0.05, 0.1) is 0 Å². The summed E-state index contributed by atoms with van der Waals surface area (Å²) in [6, 6.07) is 4.66. The number of nitrogens with zero attached hydrogens (tertiary/aromatic N) is 1. The van der Waals surface area contributed by atoms with Crippen molar-refractivity contribution in [1.82, 2.24) is 5.32 Å². The molecule has 0 heterocycles. The highest BCUT2D eigenvalue weighted by Gasteiger charge is 2.57. The second-order valence-corrected chi connectivity index (χ2v) is 8.97. The minimum Gasteiger partial charge on any atom is -0.455 e. The van der Waals surface area contributed by atoms with Crippen LogP contribution in [0, 0.1) is 10.1 Å². The van der Waals surface area contributed by atoms with Gasteiger partial charge in [-0.15, -0.1) is 0 Å². The average molecular weight is 415 g/mol. The molecule has 1 amide bonds. The summed E-state index contributed by atoms with van der Waals surface area (Å²) < 4.78 is 10.5. The first-order valence-electron chi connectivity index (χ1n) is 8.69. The molecule has 1 aromatic carbocycles. The molecule has 0 bridgehead atoms. The van der Waals surface area contributed by atoms with E-state index in [1.165, 1.54) is 24.3 Å². The molecule has 0 fully saturated rings. The average Bonchev–Trinajstić information content (AvgIpc) is 2.49. The number of carbonyl (C=O) groups is 2. The molecule has 0 radical (unpaired) electrons. The van der Waals surface area contributed by atoms with Gasteiger partial charge in [-0.2, -0.15) is 0 Å². The molecular weight excluding hydrogens is 388 g/mol. The van der Waals surface area contributed by atoms with Crippen LogP contribution in [0.1, 0.15) is 60.1 Å². The number of nitro groups is 1. The SMILES string of the molecule is CC(C)(C)OC(=O)N[C@H](c1ccc(Cl)cc1)[C@](C)(C(=O)OC(C)(C)C)[N+](=O)[O-]. The molecular formula is C19H27ClN2O6. The fraction of sp³-hybridized carbons (Fsp3) is 0.579. The van der Waals surface area contributed by atoms with Crippen LogP contribution in [0.3, 0.4) is 0 Å². The summed E-state index contributed by atoms with van der Waals surface area (Å²) >= 11 is 5.90. The largest absolute Gasteiger partial charge is 0.455 e. The lowest BCUT2D eigenvalue weighted by Gasteiger charge is -2.32. The van der Waals surface area contributed by atoms with Gasteiger partial charge in [-0.3, -0.25) is 10.1 Å². The van der Waals surface area contributed by atoms with Crippen molar-refractivity contribution in [3.05, 3.63) is 45.0 Å². The van der Waals surface area contributed by atoms with E-state index in [-0.39, 0.29) is 0 Å². The number of carbonyl (C=O) groups excluding carboxylic acids is 2. The number of amides is 1. The first-order valence-corrected chi connectivity index (χ1v) is 9.07. The zero-order valence-corrected chi connectivity index (χ0v) is 17.9. The van der Waals surface area contributed by atoms with Gasteiger partial charge >= 0.3 is 17.6 Å².